The molecule has 4 aliphatic heterocycles. The van der Waals surface area contributed by atoms with Crippen LogP contribution in [0.3, 0.4) is 0 Å². The molecule has 14 heteroatoms. The number of nitrogens with two attached hydrogens (primary N) is 1. The van der Waals surface area contributed by atoms with Crippen molar-refractivity contribution in [3.63, 3.8) is 0 Å². The van der Waals surface area contributed by atoms with Crippen LogP contribution in [0.4, 0.5) is 24.0 Å². The minimum atomic E-state index is -0.756. The molecule has 9 nitrogen and oxygen atoms in total. The number of anilines is 2. The predicted octanol–water partition coefficient (Wildman–Crippen LogP) is 6.72. The van der Waals surface area contributed by atoms with Gasteiger partial charge in [0.2, 0.25) is 0 Å². The Morgan fingerprint density at radius 3 is 2.70 bits per heavy atom. The molecule has 2 unspecified atom stereocenters. The number of benzene rings is 2. The van der Waals surface area contributed by atoms with Gasteiger partial charge in [0.15, 0.2) is 11.6 Å². The van der Waals surface area contributed by atoms with Crippen molar-refractivity contribution in [1.29, 1.82) is 5.26 Å². The van der Waals surface area contributed by atoms with Crippen LogP contribution in [-0.2, 0) is 4.74 Å². The lowest BCUT2D eigenvalue weighted by Gasteiger charge is -2.30. The Kier molecular flexibility index (Phi) is 8.95. The van der Waals surface area contributed by atoms with Gasteiger partial charge in [-0.1, -0.05) is 17.7 Å². The zero-order chi connectivity index (χ0) is 32.8. The number of nitriles is 1. The molecule has 6 heterocycles. The third-order valence-corrected chi connectivity index (χ3v) is 10.9. The number of aromatic nitrogens is 2. The molecule has 4 aromatic rings. The van der Waals surface area contributed by atoms with Crippen molar-refractivity contribution in [1.82, 2.24) is 14.9 Å². The first-order chi connectivity index (χ1) is 22.8. The lowest BCUT2D eigenvalue weighted by Crippen LogP contribution is -2.35. The molecule has 2 N–H and O–H groups in total. The van der Waals surface area contributed by atoms with E-state index < -0.39 is 17.8 Å². The maximum Gasteiger partial charge on any atom is 0.318 e. The highest BCUT2D eigenvalue weighted by atomic mass is 35.5. The van der Waals surface area contributed by atoms with Crippen LogP contribution < -0.4 is 20.1 Å². The molecule has 2 aromatic carbocycles. The number of hydrogen-bond donors (Lipinski definition) is 1. The molecule has 248 valence electrons. The van der Waals surface area contributed by atoms with Crippen molar-refractivity contribution in [2.45, 2.75) is 44.3 Å². The summed E-state index contributed by atoms with van der Waals surface area (Å²) >= 11 is 7.80. The number of nitrogen functional groups attached to an aromatic ring is 1. The molecular formula is C33H34ClF3N6O3S. The summed E-state index contributed by atoms with van der Waals surface area (Å²) in [6, 6.07) is 5.21. The Morgan fingerprint density at radius 2 is 1.96 bits per heavy atom. The van der Waals surface area contributed by atoms with E-state index in [1.165, 1.54) is 32.1 Å². The highest BCUT2D eigenvalue weighted by Crippen LogP contribution is 2.50. The van der Waals surface area contributed by atoms with E-state index in [0.717, 1.165) is 37.1 Å². The molecule has 0 aliphatic carbocycles. The van der Waals surface area contributed by atoms with E-state index in [-0.39, 0.29) is 60.7 Å². The quantitative estimate of drug-likeness (QED) is 0.250. The van der Waals surface area contributed by atoms with Crippen molar-refractivity contribution in [3.05, 3.63) is 34.4 Å². The predicted molar refractivity (Wildman–Crippen MR) is 176 cm³/mol. The van der Waals surface area contributed by atoms with Crippen molar-refractivity contribution < 1.29 is 27.4 Å². The van der Waals surface area contributed by atoms with Gasteiger partial charge in [0, 0.05) is 43.3 Å². The van der Waals surface area contributed by atoms with E-state index in [1.54, 1.807) is 0 Å². The molecule has 8 rings (SSSR count). The van der Waals surface area contributed by atoms with Crippen LogP contribution in [0, 0.1) is 28.9 Å². The van der Waals surface area contributed by atoms with Gasteiger partial charge in [0.25, 0.3) is 0 Å². The molecule has 3 saturated heterocycles. The molecule has 0 amide bonds. The molecular weight excluding hydrogens is 653 g/mol. The molecule has 0 bridgehead atoms. The Balaban J connectivity index is 0.000000334. The van der Waals surface area contributed by atoms with Crippen molar-refractivity contribution >= 4 is 54.7 Å². The summed E-state index contributed by atoms with van der Waals surface area (Å²) in [5.74, 6) is -0.247. The maximum absolute atomic E-state index is 16.5. The number of nitrogens with zero attached hydrogens (tertiary/aromatic N) is 5. The summed E-state index contributed by atoms with van der Waals surface area (Å²) in [5, 5.41) is 10.4. The fraction of sp³-hybridized carbons (Fsp3) is 0.485. The Morgan fingerprint density at radius 1 is 1.15 bits per heavy atom. The van der Waals surface area contributed by atoms with Crippen LogP contribution in [0.2, 0.25) is 5.02 Å². The van der Waals surface area contributed by atoms with Crippen LogP contribution >= 0.6 is 22.9 Å². The maximum atomic E-state index is 16.5. The zero-order valence-electron chi connectivity index (χ0n) is 25.8. The van der Waals surface area contributed by atoms with Gasteiger partial charge in [-0.15, -0.1) is 11.3 Å². The van der Waals surface area contributed by atoms with E-state index in [4.69, 9.17) is 31.5 Å². The molecule has 0 spiro atoms. The first-order valence-corrected chi connectivity index (χ1v) is 17.0. The van der Waals surface area contributed by atoms with Crippen molar-refractivity contribution in [2.24, 2.45) is 5.92 Å². The third kappa shape index (κ3) is 5.79. The van der Waals surface area contributed by atoms with E-state index in [9.17, 15) is 14.0 Å². The third-order valence-electron chi connectivity index (χ3n) is 9.51. The van der Waals surface area contributed by atoms with Gasteiger partial charge in [0.05, 0.1) is 34.3 Å². The second-order valence-corrected chi connectivity index (χ2v) is 13.7. The highest BCUT2D eigenvalue weighted by Gasteiger charge is 2.35. The second kappa shape index (κ2) is 13.1. The fourth-order valence-electron chi connectivity index (χ4n) is 7.24. The lowest BCUT2D eigenvalue weighted by atomic mass is 9.96. The fourth-order valence-corrected chi connectivity index (χ4v) is 8.53. The normalized spacial score (nSPS) is 21.2. The highest BCUT2D eigenvalue weighted by molar-refractivity contribution is 7.23. The summed E-state index contributed by atoms with van der Waals surface area (Å²) in [7, 11) is 1.41. The number of hydrogen-bond acceptors (Lipinski definition) is 10. The monoisotopic (exact) mass is 686 g/mol. The van der Waals surface area contributed by atoms with Gasteiger partial charge in [-0.2, -0.15) is 15.2 Å². The van der Waals surface area contributed by atoms with Gasteiger partial charge < -0.3 is 24.8 Å². The molecule has 0 saturated carbocycles. The number of alkyl halides is 1. The molecule has 4 aliphatic rings. The van der Waals surface area contributed by atoms with E-state index in [0.29, 0.717) is 56.0 Å². The largest absolute Gasteiger partial charge is 0.489 e. The van der Waals surface area contributed by atoms with Gasteiger partial charge in [-0.05, 0) is 56.2 Å². The summed E-state index contributed by atoms with van der Waals surface area (Å²) in [6.45, 7) is 4.70. The second-order valence-electron chi connectivity index (χ2n) is 12.3. The minimum Gasteiger partial charge on any atom is -0.489 e. The summed E-state index contributed by atoms with van der Waals surface area (Å²) in [4.78, 5) is 13.3. The smallest absolute Gasteiger partial charge is 0.318 e. The zero-order valence-corrected chi connectivity index (χ0v) is 27.4. The van der Waals surface area contributed by atoms with Gasteiger partial charge in [-0.3, -0.25) is 4.90 Å². The summed E-state index contributed by atoms with van der Waals surface area (Å²) in [6.07, 6.45) is 4.64. The van der Waals surface area contributed by atoms with Crippen molar-refractivity contribution in [2.75, 3.05) is 63.7 Å². The van der Waals surface area contributed by atoms with Gasteiger partial charge in [-0.25, -0.2) is 13.2 Å². The van der Waals surface area contributed by atoms with Crippen LogP contribution in [0.1, 0.15) is 37.7 Å². The first-order valence-electron chi connectivity index (χ1n) is 15.8. The number of fused-ring (bicyclic) bond motifs is 2. The molecule has 0 radical (unpaired) electrons. The standard InChI is InChI=1S/C26H22ClF2N5O3S.C7H12FN/c1-35-26-32-21-18-22(37-9-6-34(25(18)33-26)11-12-4-7-36-8-5-12)19(27)17(20(21)29)13-2-3-15(28)23-16(13)14(10-30)24(31)38-23;8-6-4-7-2-1-3-9(7)5-6/h2-3,12H,4-9,11,31H2,1H3;6-7H,1-5H2. The van der Waals surface area contributed by atoms with Crippen LogP contribution in [0.15, 0.2) is 12.1 Å². The van der Waals surface area contributed by atoms with Gasteiger partial charge in [0.1, 0.15) is 41.0 Å². The van der Waals surface area contributed by atoms with Crippen LogP contribution in [-0.4, -0.2) is 80.2 Å². The van der Waals surface area contributed by atoms with Crippen molar-refractivity contribution in [3.8, 4) is 29.0 Å². The number of ether oxygens (including phenoxy) is 3. The molecule has 2 aromatic heterocycles. The summed E-state index contributed by atoms with van der Waals surface area (Å²) < 4.78 is 60.9. The van der Waals surface area contributed by atoms with Crippen LogP contribution in [0.5, 0.6) is 11.8 Å². The number of thiophene rings is 1. The number of rotatable bonds is 4. The number of methoxy groups -OCH3 is 1. The average molecular weight is 687 g/mol. The minimum absolute atomic E-state index is 0.00811. The van der Waals surface area contributed by atoms with E-state index in [2.05, 4.69) is 19.8 Å². The lowest BCUT2D eigenvalue weighted by molar-refractivity contribution is 0.0680. The molecule has 3 fully saturated rings. The topological polar surface area (TPSA) is 110 Å². The van der Waals surface area contributed by atoms with Gasteiger partial charge >= 0.3 is 6.01 Å². The Labute approximate surface area is 279 Å². The molecule has 47 heavy (non-hydrogen) atoms. The Hall–Kier alpha value is -3.57. The Bertz CT molecular complexity index is 1870. The average Bonchev–Trinajstić information content (AvgIpc) is 3.72. The van der Waals surface area contributed by atoms with E-state index >= 15 is 4.39 Å². The molecule has 2 atom stereocenters. The SMILES string of the molecule is COc1nc2c3c(c(Cl)c(-c4ccc(F)c5sc(N)c(C#N)c45)c(F)c3n1)OCCN2CC1CCOCC1.FC1CC2CCCN2C1. The van der Waals surface area contributed by atoms with E-state index in [1.807, 2.05) is 6.07 Å². The number of halogens is 4. The summed E-state index contributed by atoms with van der Waals surface area (Å²) in [5.41, 5.74) is 6.19. The first kappa shape index (κ1) is 32.0. The van der Waals surface area contributed by atoms with Crippen LogP contribution in [0.25, 0.3) is 32.1 Å².